The predicted octanol–water partition coefficient (Wildman–Crippen LogP) is 4.40. The fourth-order valence-electron chi connectivity index (χ4n) is 1.88. The Hall–Kier alpha value is -1.88. The number of anilines is 1. The third-order valence-corrected chi connectivity index (χ3v) is 3.97. The van der Waals surface area contributed by atoms with Crippen molar-refractivity contribution in [2.24, 2.45) is 0 Å². The third-order valence-electron chi connectivity index (χ3n) is 2.81. The summed E-state index contributed by atoms with van der Waals surface area (Å²) in [7, 11) is 0. The number of nitrogens with two attached hydrogens (primary N) is 1. The van der Waals surface area contributed by atoms with Crippen LogP contribution in [0.2, 0.25) is 0 Å². The van der Waals surface area contributed by atoms with Crippen LogP contribution in [0.25, 0.3) is 10.4 Å². The summed E-state index contributed by atoms with van der Waals surface area (Å²) in [6.45, 7) is 7.28. The lowest BCUT2D eigenvalue weighted by atomic mass is 10.1. The van der Waals surface area contributed by atoms with Crippen molar-refractivity contribution in [2.75, 3.05) is 5.73 Å². The molecule has 0 atom stereocenters. The van der Waals surface area contributed by atoms with Gasteiger partial charge in [-0.25, -0.2) is 9.18 Å². The van der Waals surface area contributed by atoms with E-state index in [1.807, 2.05) is 6.92 Å². The Morgan fingerprint density at radius 1 is 1.29 bits per heavy atom. The molecule has 3 nitrogen and oxygen atoms in total. The summed E-state index contributed by atoms with van der Waals surface area (Å²) in [6, 6.07) is 6.24. The molecule has 0 amide bonds. The molecule has 0 saturated heterocycles. The Morgan fingerprint density at radius 3 is 2.57 bits per heavy atom. The van der Waals surface area contributed by atoms with Gasteiger partial charge in [-0.15, -0.1) is 11.3 Å². The standard InChI is InChI=1S/C16H18FNO2S/c1-9-5-6-10(17)7-11(9)13-8-12(18)14(21-13)15(19)20-16(2,3)4/h5-8H,18H2,1-4H3. The molecule has 0 aliphatic carbocycles. The molecule has 2 aromatic rings. The summed E-state index contributed by atoms with van der Waals surface area (Å²) in [5.41, 5.74) is 7.34. The largest absolute Gasteiger partial charge is 0.456 e. The van der Waals surface area contributed by atoms with Crippen LogP contribution in [0.4, 0.5) is 10.1 Å². The zero-order valence-corrected chi connectivity index (χ0v) is 13.3. The van der Waals surface area contributed by atoms with Gasteiger partial charge in [-0.05, 0) is 57.0 Å². The molecule has 0 bridgehead atoms. The molecule has 5 heteroatoms. The second-order valence-electron chi connectivity index (χ2n) is 5.86. The molecule has 0 aliphatic heterocycles. The number of halogens is 1. The highest BCUT2D eigenvalue weighted by molar-refractivity contribution is 7.18. The summed E-state index contributed by atoms with van der Waals surface area (Å²) in [5, 5.41) is 0. The van der Waals surface area contributed by atoms with Gasteiger partial charge in [0.2, 0.25) is 0 Å². The number of carbonyl (C=O) groups excluding carboxylic acids is 1. The summed E-state index contributed by atoms with van der Waals surface area (Å²) in [4.78, 5) is 13.2. The van der Waals surface area contributed by atoms with Crippen LogP contribution in [-0.4, -0.2) is 11.6 Å². The van der Waals surface area contributed by atoms with Gasteiger partial charge in [-0.3, -0.25) is 0 Å². The van der Waals surface area contributed by atoms with Crippen molar-refractivity contribution in [3.8, 4) is 10.4 Å². The van der Waals surface area contributed by atoms with Gasteiger partial charge < -0.3 is 10.5 Å². The van der Waals surface area contributed by atoms with Crippen LogP contribution < -0.4 is 5.73 Å². The normalized spacial score (nSPS) is 11.5. The first-order valence-corrected chi connectivity index (χ1v) is 7.38. The van der Waals surface area contributed by atoms with Crippen molar-refractivity contribution >= 4 is 23.0 Å². The molecule has 112 valence electrons. The van der Waals surface area contributed by atoms with Crippen LogP contribution in [0.5, 0.6) is 0 Å². The lowest BCUT2D eigenvalue weighted by Gasteiger charge is -2.18. The Balaban J connectivity index is 2.39. The minimum absolute atomic E-state index is 0.318. The summed E-state index contributed by atoms with van der Waals surface area (Å²) < 4.78 is 18.7. The van der Waals surface area contributed by atoms with E-state index < -0.39 is 11.6 Å². The SMILES string of the molecule is Cc1ccc(F)cc1-c1cc(N)c(C(=O)OC(C)(C)C)s1. The van der Waals surface area contributed by atoms with Crippen molar-refractivity contribution in [2.45, 2.75) is 33.3 Å². The van der Waals surface area contributed by atoms with Crippen LogP contribution in [-0.2, 0) is 4.74 Å². The summed E-state index contributed by atoms with van der Waals surface area (Å²) >= 11 is 1.22. The third kappa shape index (κ3) is 3.61. The average Bonchev–Trinajstić information content (AvgIpc) is 2.72. The number of carbonyl (C=O) groups is 1. The molecule has 1 aromatic carbocycles. The molecular formula is C16H18FNO2S. The van der Waals surface area contributed by atoms with Gasteiger partial charge in [0, 0.05) is 4.88 Å². The second kappa shape index (κ2) is 5.48. The first kappa shape index (κ1) is 15.5. The molecule has 0 aliphatic rings. The van der Waals surface area contributed by atoms with Gasteiger partial charge in [0.15, 0.2) is 0 Å². The number of aryl methyl sites for hydroxylation is 1. The molecule has 2 N–H and O–H groups in total. The number of nitrogen functional groups attached to an aromatic ring is 1. The second-order valence-corrected chi connectivity index (χ2v) is 6.91. The maximum atomic E-state index is 13.4. The molecule has 0 radical (unpaired) electrons. The maximum Gasteiger partial charge on any atom is 0.350 e. The van der Waals surface area contributed by atoms with Gasteiger partial charge in [0.05, 0.1) is 5.69 Å². The van der Waals surface area contributed by atoms with Crippen LogP contribution in [0.3, 0.4) is 0 Å². The van der Waals surface area contributed by atoms with E-state index in [1.165, 1.54) is 23.5 Å². The Kier molecular flexibility index (Phi) is 4.05. The Bertz CT molecular complexity index is 686. The van der Waals surface area contributed by atoms with Crippen molar-refractivity contribution in [3.05, 3.63) is 40.5 Å². The topological polar surface area (TPSA) is 52.3 Å². The van der Waals surface area contributed by atoms with E-state index >= 15 is 0 Å². The molecule has 0 fully saturated rings. The first-order valence-electron chi connectivity index (χ1n) is 6.56. The van der Waals surface area contributed by atoms with Crippen molar-refractivity contribution in [1.82, 2.24) is 0 Å². The van der Waals surface area contributed by atoms with Gasteiger partial charge in [-0.2, -0.15) is 0 Å². The molecule has 1 aromatic heterocycles. The van der Waals surface area contributed by atoms with Gasteiger partial charge in [-0.1, -0.05) is 6.07 Å². The minimum atomic E-state index is -0.581. The summed E-state index contributed by atoms with van der Waals surface area (Å²) in [6.07, 6.45) is 0. The first-order chi connectivity index (χ1) is 9.67. The van der Waals surface area contributed by atoms with Crippen LogP contribution in [0, 0.1) is 12.7 Å². The number of hydrogen-bond donors (Lipinski definition) is 1. The van der Waals surface area contributed by atoms with E-state index in [1.54, 1.807) is 32.9 Å². The number of hydrogen-bond acceptors (Lipinski definition) is 4. The van der Waals surface area contributed by atoms with Crippen molar-refractivity contribution in [1.29, 1.82) is 0 Å². The van der Waals surface area contributed by atoms with Gasteiger partial charge in [0.1, 0.15) is 16.3 Å². The highest BCUT2D eigenvalue weighted by atomic mass is 32.1. The number of benzene rings is 1. The smallest absolute Gasteiger partial charge is 0.350 e. The van der Waals surface area contributed by atoms with Crippen molar-refractivity contribution in [3.63, 3.8) is 0 Å². The number of esters is 1. The minimum Gasteiger partial charge on any atom is -0.456 e. The summed E-state index contributed by atoms with van der Waals surface area (Å²) in [5.74, 6) is -0.772. The van der Waals surface area contributed by atoms with Crippen molar-refractivity contribution < 1.29 is 13.9 Å². The predicted molar refractivity (Wildman–Crippen MR) is 84.0 cm³/mol. The molecular weight excluding hydrogens is 289 g/mol. The highest BCUT2D eigenvalue weighted by Gasteiger charge is 2.22. The monoisotopic (exact) mass is 307 g/mol. The molecule has 21 heavy (non-hydrogen) atoms. The fraction of sp³-hybridized carbons (Fsp3) is 0.312. The molecule has 0 spiro atoms. The van der Waals surface area contributed by atoms with E-state index in [-0.39, 0.29) is 5.82 Å². The quantitative estimate of drug-likeness (QED) is 0.837. The van der Waals surface area contributed by atoms with Crippen LogP contribution in [0.1, 0.15) is 36.0 Å². The van der Waals surface area contributed by atoms with E-state index in [4.69, 9.17) is 10.5 Å². The lowest BCUT2D eigenvalue weighted by molar-refractivity contribution is 0.00764. The zero-order chi connectivity index (χ0) is 15.8. The Morgan fingerprint density at radius 2 is 1.95 bits per heavy atom. The fourth-order valence-corrected chi connectivity index (χ4v) is 2.92. The molecule has 0 unspecified atom stereocenters. The van der Waals surface area contributed by atoms with E-state index in [0.717, 1.165) is 16.0 Å². The molecule has 2 rings (SSSR count). The van der Waals surface area contributed by atoms with E-state index in [9.17, 15) is 9.18 Å². The molecule has 1 heterocycles. The zero-order valence-electron chi connectivity index (χ0n) is 12.5. The van der Waals surface area contributed by atoms with E-state index in [0.29, 0.717) is 10.6 Å². The highest BCUT2D eigenvalue weighted by Crippen LogP contribution is 2.36. The van der Waals surface area contributed by atoms with Crippen LogP contribution in [0.15, 0.2) is 24.3 Å². The maximum absolute atomic E-state index is 13.4. The molecule has 0 saturated carbocycles. The van der Waals surface area contributed by atoms with Crippen LogP contribution >= 0.6 is 11.3 Å². The van der Waals surface area contributed by atoms with Gasteiger partial charge in [0.25, 0.3) is 0 Å². The van der Waals surface area contributed by atoms with Gasteiger partial charge >= 0.3 is 5.97 Å². The van der Waals surface area contributed by atoms with E-state index in [2.05, 4.69) is 0 Å². The Labute approximate surface area is 127 Å². The number of rotatable bonds is 2. The number of ether oxygens (including phenoxy) is 1. The average molecular weight is 307 g/mol. The number of thiophene rings is 1. The lowest BCUT2D eigenvalue weighted by Crippen LogP contribution is -2.23.